The lowest BCUT2D eigenvalue weighted by Crippen LogP contribution is -2.37. The minimum atomic E-state index is -0.805. The van der Waals surface area contributed by atoms with Gasteiger partial charge in [0.1, 0.15) is 0 Å². The van der Waals surface area contributed by atoms with Crippen LogP contribution in [0.3, 0.4) is 0 Å². The van der Waals surface area contributed by atoms with Crippen molar-refractivity contribution in [3.63, 3.8) is 0 Å². The van der Waals surface area contributed by atoms with Crippen LogP contribution in [-0.2, 0) is 9.59 Å². The third kappa shape index (κ3) is 6.11. The van der Waals surface area contributed by atoms with E-state index in [9.17, 15) is 9.59 Å². The zero-order valence-corrected chi connectivity index (χ0v) is 14.6. The molecular weight excluding hydrogens is 330 g/mol. The fourth-order valence-electron chi connectivity index (χ4n) is 3.02. The van der Waals surface area contributed by atoms with Crippen molar-refractivity contribution in [2.45, 2.75) is 25.3 Å². The number of carbonyl (C=O) groups excluding carboxylic acids is 1. The van der Waals surface area contributed by atoms with Crippen molar-refractivity contribution in [3.05, 3.63) is 29.3 Å². The number of carbonyl (C=O) groups is 2. The van der Waals surface area contributed by atoms with Crippen molar-refractivity contribution >= 4 is 29.2 Å². The Morgan fingerprint density at radius 2 is 2.00 bits per heavy atom. The van der Waals surface area contributed by atoms with Crippen LogP contribution in [0.1, 0.15) is 19.3 Å². The van der Waals surface area contributed by atoms with Crippen LogP contribution in [0.4, 0.5) is 5.69 Å². The molecule has 1 aromatic rings. The van der Waals surface area contributed by atoms with E-state index in [1.165, 1.54) is 0 Å². The summed E-state index contributed by atoms with van der Waals surface area (Å²) < 4.78 is 0. The molecule has 1 amide bonds. The Morgan fingerprint density at radius 1 is 1.29 bits per heavy atom. The number of aliphatic carboxylic acids is 1. The zero-order chi connectivity index (χ0) is 17.5. The number of hydrogen-bond donors (Lipinski definition) is 2. The summed E-state index contributed by atoms with van der Waals surface area (Å²) in [4.78, 5) is 27.0. The predicted molar refractivity (Wildman–Crippen MR) is 94.4 cm³/mol. The highest BCUT2D eigenvalue weighted by Gasteiger charge is 2.22. The minimum absolute atomic E-state index is 0.0466. The van der Waals surface area contributed by atoms with Crippen molar-refractivity contribution in [2.24, 2.45) is 0 Å². The van der Waals surface area contributed by atoms with Gasteiger partial charge < -0.3 is 10.4 Å². The Morgan fingerprint density at radius 3 is 2.67 bits per heavy atom. The van der Waals surface area contributed by atoms with Crippen molar-refractivity contribution in [2.75, 3.05) is 38.5 Å². The summed E-state index contributed by atoms with van der Waals surface area (Å²) in [5, 5.41) is 12.4. The topological polar surface area (TPSA) is 72.9 Å². The highest BCUT2D eigenvalue weighted by Crippen LogP contribution is 2.16. The summed E-state index contributed by atoms with van der Waals surface area (Å²) in [6.07, 6.45) is 2.79. The van der Waals surface area contributed by atoms with Gasteiger partial charge in [-0.25, -0.2) is 0 Å². The Bertz CT molecular complexity index is 565. The van der Waals surface area contributed by atoms with Gasteiger partial charge in [0.25, 0.3) is 0 Å². The molecule has 1 aliphatic heterocycles. The molecule has 0 radical (unpaired) electrons. The Labute approximate surface area is 147 Å². The van der Waals surface area contributed by atoms with Gasteiger partial charge in [-0.3, -0.25) is 19.4 Å². The highest BCUT2D eigenvalue weighted by molar-refractivity contribution is 6.30. The Balaban J connectivity index is 1.80. The number of rotatable bonds is 6. The molecule has 1 atom stereocenters. The molecule has 0 aliphatic carbocycles. The van der Waals surface area contributed by atoms with Gasteiger partial charge in [0, 0.05) is 23.3 Å². The lowest BCUT2D eigenvalue weighted by molar-refractivity contribution is -0.138. The van der Waals surface area contributed by atoms with Crippen LogP contribution in [0.25, 0.3) is 0 Å². The monoisotopic (exact) mass is 353 g/mol. The Hall–Kier alpha value is -1.63. The SMILES string of the molecule is CN(CC(=O)O)C1CCCN(CC(=O)Nc2ccc(Cl)cc2)CC1. The van der Waals surface area contributed by atoms with E-state index in [-0.39, 0.29) is 18.5 Å². The second-order valence-electron chi connectivity index (χ2n) is 6.22. The van der Waals surface area contributed by atoms with Crippen LogP contribution < -0.4 is 5.32 Å². The van der Waals surface area contributed by atoms with E-state index in [4.69, 9.17) is 16.7 Å². The molecule has 0 saturated carbocycles. The molecule has 0 aromatic heterocycles. The summed E-state index contributed by atoms with van der Waals surface area (Å²) in [6, 6.07) is 7.29. The largest absolute Gasteiger partial charge is 0.480 e. The molecule has 1 fully saturated rings. The van der Waals surface area contributed by atoms with Crippen LogP contribution in [0.15, 0.2) is 24.3 Å². The molecule has 7 heteroatoms. The molecule has 132 valence electrons. The third-order valence-electron chi connectivity index (χ3n) is 4.29. The number of carboxylic acid groups (broad SMARTS) is 1. The molecule has 1 aliphatic rings. The van der Waals surface area contributed by atoms with Gasteiger partial charge in [0.15, 0.2) is 0 Å². The molecular formula is C17H24ClN3O3. The fraction of sp³-hybridized carbons (Fsp3) is 0.529. The van der Waals surface area contributed by atoms with Crippen LogP contribution in [0.2, 0.25) is 5.02 Å². The maximum atomic E-state index is 12.2. The zero-order valence-electron chi connectivity index (χ0n) is 13.9. The molecule has 24 heavy (non-hydrogen) atoms. The van der Waals surface area contributed by atoms with Gasteiger partial charge in [-0.2, -0.15) is 0 Å². The smallest absolute Gasteiger partial charge is 0.317 e. The fourth-order valence-corrected chi connectivity index (χ4v) is 3.14. The average molecular weight is 354 g/mol. The highest BCUT2D eigenvalue weighted by atomic mass is 35.5. The number of amides is 1. The summed E-state index contributed by atoms with van der Waals surface area (Å²) in [6.45, 7) is 2.05. The first kappa shape index (κ1) is 18.7. The summed E-state index contributed by atoms with van der Waals surface area (Å²) in [7, 11) is 1.85. The minimum Gasteiger partial charge on any atom is -0.480 e. The van der Waals surface area contributed by atoms with Gasteiger partial charge in [0.2, 0.25) is 5.91 Å². The quantitative estimate of drug-likeness (QED) is 0.819. The number of likely N-dealkylation sites (N-methyl/N-ethyl adjacent to an activating group) is 1. The van der Waals surface area contributed by atoms with Crippen molar-refractivity contribution in [1.82, 2.24) is 9.80 Å². The van der Waals surface area contributed by atoms with E-state index in [1.54, 1.807) is 24.3 Å². The molecule has 0 bridgehead atoms. The molecule has 1 unspecified atom stereocenters. The lowest BCUT2D eigenvalue weighted by atomic mass is 10.1. The van der Waals surface area contributed by atoms with Gasteiger partial charge in [-0.15, -0.1) is 0 Å². The first-order valence-electron chi connectivity index (χ1n) is 8.14. The standard InChI is InChI=1S/C17H24ClN3O3/c1-20(12-17(23)24)15-3-2-9-21(10-8-15)11-16(22)19-14-6-4-13(18)5-7-14/h4-7,15H,2-3,8-12H2,1H3,(H,19,22)(H,23,24). The maximum Gasteiger partial charge on any atom is 0.317 e. The van der Waals surface area contributed by atoms with E-state index in [0.717, 1.165) is 38.0 Å². The number of likely N-dealkylation sites (tertiary alicyclic amines) is 1. The average Bonchev–Trinajstić information content (AvgIpc) is 2.74. The summed E-state index contributed by atoms with van der Waals surface area (Å²) >= 11 is 5.83. The van der Waals surface area contributed by atoms with Crippen LogP contribution in [-0.4, -0.2) is 66.1 Å². The van der Waals surface area contributed by atoms with Crippen molar-refractivity contribution in [1.29, 1.82) is 0 Å². The molecule has 2 N–H and O–H groups in total. The second kappa shape index (κ2) is 9.01. The third-order valence-corrected chi connectivity index (χ3v) is 4.55. The van der Waals surface area contributed by atoms with E-state index in [1.807, 2.05) is 11.9 Å². The van der Waals surface area contributed by atoms with Crippen LogP contribution in [0.5, 0.6) is 0 Å². The van der Waals surface area contributed by atoms with Crippen LogP contribution >= 0.6 is 11.6 Å². The molecule has 0 spiro atoms. The molecule has 1 aromatic carbocycles. The van der Waals surface area contributed by atoms with Gasteiger partial charge >= 0.3 is 5.97 Å². The number of anilines is 1. The number of hydrogen-bond acceptors (Lipinski definition) is 4. The normalized spacial score (nSPS) is 19.0. The first-order chi connectivity index (χ1) is 11.4. The molecule has 1 saturated heterocycles. The van der Waals surface area contributed by atoms with Gasteiger partial charge in [0.05, 0.1) is 13.1 Å². The molecule has 6 nitrogen and oxygen atoms in total. The van der Waals surface area contributed by atoms with Crippen LogP contribution in [0, 0.1) is 0 Å². The summed E-state index contributed by atoms with van der Waals surface area (Å²) in [5.41, 5.74) is 0.735. The van der Waals surface area contributed by atoms with E-state index in [2.05, 4.69) is 10.2 Å². The van der Waals surface area contributed by atoms with Gasteiger partial charge in [-0.05, 0) is 57.1 Å². The van der Waals surface area contributed by atoms with E-state index >= 15 is 0 Å². The number of nitrogens with zero attached hydrogens (tertiary/aromatic N) is 2. The van der Waals surface area contributed by atoms with E-state index in [0.29, 0.717) is 11.6 Å². The summed E-state index contributed by atoms with van der Waals surface area (Å²) in [5.74, 6) is -0.851. The number of nitrogens with one attached hydrogen (secondary N) is 1. The lowest BCUT2D eigenvalue weighted by Gasteiger charge is -2.25. The van der Waals surface area contributed by atoms with E-state index < -0.39 is 5.97 Å². The molecule has 1 heterocycles. The first-order valence-corrected chi connectivity index (χ1v) is 8.51. The number of carboxylic acids is 1. The predicted octanol–water partition coefficient (Wildman–Crippen LogP) is 2.15. The Kier molecular flexibility index (Phi) is 7.02. The van der Waals surface area contributed by atoms with Crippen molar-refractivity contribution < 1.29 is 14.7 Å². The van der Waals surface area contributed by atoms with Crippen molar-refractivity contribution in [3.8, 4) is 0 Å². The second-order valence-corrected chi connectivity index (χ2v) is 6.66. The van der Waals surface area contributed by atoms with Gasteiger partial charge in [-0.1, -0.05) is 11.6 Å². The molecule has 2 rings (SSSR count). The number of halogens is 1. The number of benzene rings is 1. The maximum absolute atomic E-state index is 12.2.